The van der Waals surface area contributed by atoms with Crippen molar-refractivity contribution in [1.29, 1.82) is 0 Å². The number of halogens is 2. The molecule has 0 saturated carbocycles. The van der Waals surface area contributed by atoms with Crippen molar-refractivity contribution in [1.82, 2.24) is 9.80 Å². The Labute approximate surface area is 145 Å². The van der Waals surface area contributed by atoms with E-state index in [9.17, 15) is 4.39 Å². The van der Waals surface area contributed by atoms with Crippen LogP contribution in [0.5, 0.6) is 0 Å². The number of aliphatic imine (C=N–C) groups is 2. The second kappa shape index (κ2) is 5.86. The van der Waals surface area contributed by atoms with Crippen molar-refractivity contribution in [2.24, 2.45) is 9.98 Å². The number of anilines is 1. The van der Waals surface area contributed by atoms with Gasteiger partial charge in [0, 0.05) is 38.4 Å². The number of rotatable bonds is 0. The lowest BCUT2D eigenvalue weighted by molar-refractivity contribution is 0.217. The van der Waals surface area contributed by atoms with Gasteiger partial charge in [-0.3, -0.25) is 9.89 Å². The molecule has 1 atom stereocenters. The summed E-state index contributed by atoms with van der Waals surface area (Å²) in [5, 5.41) is 0.0957. The van der Waals surface area contributed by atoms with E-state index in [0.29, 0.717) is 5.69 Å². The van der Waals surface area contributed by atoms with Gasteiger partial charge in [-0.15, -0.1) is 0 Å². The van der Waals surface area contributed by atoms with Crippen LogP contribution in [0.15, 0.2) is 34.4 Å². The molecule has 3 heterocycles. The van der Waals surface area contributed by atoms with Crippen LogP contribution in [0, 0.1) is 5.82 Å². The zero-order valence-electron chi connectivity index (χ0n) is 13.7. The van der Waals surface area contributed by atoms with E-state index in [4.69, 9.17) is 21.6 Å². The summed E-state index contributed by atoms with van der Waals surface area (Å²) in [7, 11) is 2.11. The molecule has 1 unspecified atom stereocenters. The fourth-order valence-electron chi connectivity index (χ4n) is 3.14. The third-order valence-corrected chi connectivity index (χ3v) is 4.86. The first kappa shape index (κ1) is 15.6. The number of fused-ring (bicyclic) bond motifs is 3. The molecule has 0 spiro atoms. The van der Waals surface area contributed by atoms with Gasteiger partial charge in [0.2, 0.25) is 0 Å². The molecule has 1 fully saturated rings. The normalized spacial score (nSPS) is 23.6. The molecule has 0 aliphatic carbocycles. The molecule has 24 heavy (non-hydrogen) atoms. The second-order valence-corrected chi connectivity index (χ2v) is 6.79. The van der Waals surface area contributed by atoms with E-state index in [1.165, 1.54) is 6.07 Å². The summed E-state index contributed by atoms with van der Waals surface area (Å²) in [6, 6.07) is 3.11. The molecule has 0 N–H and O–H groups in total. The quantitative estimate of drug-likeness (QED) is 0.723. The average molecular weight is 348 g/mol. The van der Waals surface area contributed by atoms with Gasteiger partial charge >= 0.3 is 0 Å². The lowest BCUT2D eigenvalue weighted by Gasteiger charge is -2.39. The van der Waals surface area contributed by atoms with Crippen LogP contribution in [0.3, 0.4) is 0 Å². The van der Waals surface area contributed by atoms with Crippen LogP contribution < -0.4 is 4.90 Å². The first-order valence-electron chi connectivity index (χ1n) is 8.10. The third kappa shape index (κ3) is 2.59. The Kier molecular flexibility index (Phi) is 3.81. The minimum atomic E-state index is -0.452. The van der Waals surface area contributed by atoms with E-state index in [2.05, 4.69) is 16.8 Å². The number of amidine groups is 2. The number of hydrogen-bond acceptors (Lipinski definition) is 5. The average Bonchev–Trinajstić information content (AvgIpc) is 2.56. The smallest absolute Gasteiger partial charge is 0.176 e. The largest absolute Gasteiger partial charge is 0.351 e. The van der Waals surface area contributed by atoms with Crippen LogP contribution in [-0.4, -0.2) is 60.7 Å². The first-order valence-corrected chi connectivity index (χ1v) is 8.47. The van der Waals surface area contributed by atoms with Crippen LogP contribution in [0.2, 0.25) is 5.02 Å². The van der Waals surface area contributed by atoms with Gasteiger partial charge in [-0.25, -0.2) is 9.38 Å². The molecule has 0 bridgehead atoms. The molecule has 5 nitrogen and oxygen atoms in total. The molecule has 126 valence electrons. The van der Waals surface area contributed by atoms with Crippen molar-refractivity contribution in [2.75, 3.05) is 38.1 Å². The maximum atomic E-state index is 13.9. The van der Waals surface area contributed by atoms with Gasteiger partial charge in [-0.05, 0) is 26.1 Å². The standard InChI is InChI=1S/C17H19ClFN5/c1-11-3-4-24-15-9-12(18)13(19)10-14(15)21-16(17(24)20-11)23-7-5-22(2)6-8-23/h3-4,9-11H,5-8H2,1-2H3. The van der Waals surface area contributed by atoms with Crippen LogP contribution in [0.1, 0.15) is 6.92 Å². The highest BCUT2D eigenvalue weighted by atomic mass is 35.5. The van der Waals surface area contributed by atoms with Gasteiger partial charge in [-0.2, -0.15) is 0 Å². The van der Waals surface area contributed by atoms with Crippen molar-refractivity contribution >= 4 is 34.6 Å². The minimum absolute atomic E-state index is 0.0892. The Hall–Kier alpha value is -1.92. The van der Waals surface area contributed by atoms with E-state index in [1.54, 1.807) is 6.07 Å². The zero-order valence-corrected chi connectivity index (χ0v) is 14.5. The second-order valence-electron chi connectivity index (χ2n) is 6.39. The Morgan fingerprint density at radius 2 is 1.92 bits per heavy atom. The number of benzene rings is 1. The lowest BCUT2D eigenvalue weighted by atomic mass is 10.1. The minimum Gasteiger partial charge on any atom is -0.351 e. The zero-order chi connectivity index (χ0) is 16.8. The predicted octanol–water partition coefficient (Wildman–Crippen LogP) is 2.89. The molecular weight excluding hydrogens is 329 g/mol. The monoisotopic (exact) mass is 347 g/mol. The molecule has 4 rings (SSSR count). The van der Waals surface area contributed by atoms with E-state index in [-0.39, 0.29) is 11.1 Å². The van der Waals surface area contributed by atoms with Gasteiger partial charge in [0.15, 0.2) is 11.7 Å². The van der Waals surface area contributed by atoms with Crippen LogP contribution >= 0.6 is 11.6 Å². The van der Waals surface area contributed by atoms with Crippen LogP contribution in [0.25, 0.3) is 0 Å². The molecule has 1 saturated heterocycles. The Bertz CT molecular complexity index is 764. The highest BCUT2D eigenvalue weighted by Gasteiger charge is 2.32. The molecule has 3 aliphatic rings. The highest BCUT2D eigenvalue weighted by molar-refractivity contribution is 6.48. The fourth-order valence-corrected chi connectivity index (χ4v) is 3.30. The third-order valence-electron chi connectivity index (χ3n) is 4.57. The summed E-state index contributed by atoms with van der Waals surface area (Å²) in [6.07, 6.45) is 3.99. The van der Waals surface area contributed by atoms with Crippen molar-refractivity contribution in [2.45, 2.75) is 13.0 Å². The maximum absolute atomic E-state index is 13.9. The van der Waals surface area contributed by atoms with Gasteiger partial charge in [0.1, 0.15) is 5.82 Å². The number of piperazine rings is 1. The van der Waals surface area contributed by atoms with Gasteiger partial charge < -0.3 is 9.80 Å². The highest BCUT2D eigenvalue weighted by Crippen LogP contribution is 2.38. The SMILES string of the molecule is CC1C=CN2C(=N1)C(N1CCN(C)CC1)=Nc1cc(F)c(Cl)cc12. The fraction of sp³-hybridized carbons (Fsp3) is 0.412. The molecule has 1 aromatic carbocycles. The number of nitrogens with zero attached hydrogens (tertiary/aromatic N) is 5. The first-order chi connectivity index (χ1) is 11.5. The Morgan fingerprint density at radius 3 is 2.67 bits per heavy atom. The summed E-state index contributed by atoms with van der Waals surface area (Å²) in [5.74, 6) is 1.17. The van der Waals surface area contributed by atoms with Crippen LogP contribution in [0.4, 0.5) is 15.8 Å². The summed E-state index contributed by atoms with van der Waals surface area (Å²) >= 11 is 5.98. The molecule has 7 heteroatoms. The molecule has 0 amide bonds. The summed E-state index contributed by atoms with van der Waals surface area (Å²) in [4.78, 5) is 16.0. The molecule has 0 aromatic heterocycles. The molecular formula is C17H19ClFN5. The number of likely N-dealkylation sites (N-methyl/N-ethyl adjacent to an activating group) is 1. The Morgan fingerprint density at radius 1 is 1.17 bits per heavy atom. The summed E-state index contributed by atoms with van der Waals surface area (Å²) < 4.78 is 13.9. The van der Waals surface area contributed by atoms with E-state index in [1.807, 2.05) is 24.1 Å². The van der Waals surface area contributed by atoms with Gasteiger partial charge in [0.25, 0.3) is 0 Å². The summed E-state index contributed by atoms with van der Waals surface area (Å²) in [6.45, 7) is 5.74. The van der Waals surface area contributed by atoms with E-state index >= 15 is 0 Å². The maximum Gasteiger partial charge on any atom is 0.176 e. The van der Waals surface area contributed by atoms with Gasteiger partial charge in [-0.1, -0.05) is 11.6 Å². The van der Waals surface area contributed by atoms with Crippen molar-refractivity contribution in [3.05, 3.63) is 35.2 Å². The van der Waals surface area contributed by atoms with Crippen molar-refractivity contribution in [3.63, 3.8) is 0 Å². The predicted molar refractivity (Wildman–Crippen MR) is 96.1 cm³/mol. The topological polar surface area (TPSA) is 34.4 Å². The van der Waals surface area contributed by atoms with Crippen molar-refractivity contribution < 1.29 is 4.39 Å². The van der Waals surface area contributed by atoms with E-state index in [0.717, 1.165) is 43.5 Å². The summed E-state index contributed by atoms with van der Waals surface area (Å²) in [5.41, 5.74) is 1.35. The van der Waals surface area contributed by atoms with E-state index < -0.39 is 5.82 Å². The van der Waals surface area contributed by atoms with Crippen LogP contribution in [-0.2, 0) is 0 Å². The van der Waals surface area contributed by atoms with Gasteiger partial charge in [0.05, 0.1) is 22.4 Å². The molecule has 3 aliphatic heterocycles. The molecule has 0 radical (unpaired) electrons. The Balaban J connectivity index is 1.81. The number of hydrogen-bond donors (Lipinski definition) is 0. The molecule has 1 aromatic rings. The lowest BCUT2D eigenvalue weighted by Crippen LogP contribution is -2.53. The van der Waals surface area contributed by atoms with Crippen molar-refractivity contribution in [3.8, 4) is 0 Å².